The zero-order valence-corrected chi connectivity index (χ0v) is 17.2. The number of rotatable bonds is 3. The summed E-state index contributed by atoms with van der Waals surface area (Å²) in [6.45, 7) is 4.51. The van der Waals surface area contributed by atoms with Gasteiger partial charge in [0, 0.05) is 44.0 Å². The van der Waals surface area contributed by atoms with E-state index in [1.165, 1.54) is 0 Å². The first-order chi connectivity index (χ1) is 14.0. The lowest BCUT2D eigenvalue weighted by molar-refractivity contribution is 0.0802. The molecule has 0 bridgehead atoms. The summed E-state index contributed by atoms with van der Waals surface area (Å²) in [4.78, 5) is 29.4. The number of nitrogens with zero attached hydrogens (tertiary/aromatic N) is 2. The molecule has 0 unspecified atom stereocenters. The van der Waals surface area contributed by atoms with Crippen LogP contribution < -0.4 is 15.5 Å². The molecule has 152 valence electrons. The van der Waals surface area contributed by atoms with Gasteiger partial charge < -0.3 is 20.4 Å². The second-order valence-corrected chi connectivity index (χ2v) is 7.96. The van der Waals surface area contributed by atoms with Crippen molar-refractivity contribution in [2.45, 2.75) is 32.0 Å². The fourth-order valence-electron chi connectivity index (χ4n) is 4.34. The summed E-state index contributed by atoms with van der Waals surface area (Å²) in [7, 11) is 0. The van der Waals surface area contributed by atoms with Crippen molar-refractivity contribution in [1.29, 1.82) is 0 Å². The van der Waals surface area contributed by atoms with Crippen LogP contribution in [-0.2, 0) is 6.54 Å². The normalized spacial score (nSPS) is 17.7. The Hall–Kier alpha value is -2.73. The number of halogens is 1. The van der Waals surface area contributed by atoms with E-state index in [0.717, 1.165) is 17.8 Å². The van der Waals surface area contributed by atoms with E-state index in [1.54, 1.807) is 6.07 Å². The number of hydrogen-bond acceptors (Lipinski definition) is 3. The number of piperidine rings is 1. The van der Waals surface area contributed by atoms with E-state index in [1.807, 2.05) is 47.4 Å². The fourth-order valence-corrected chi connectivity index (χ4v) is 4.51. The lowest BCUT2D eigenvalue weighted by Crippen LogP contribution is -2.68. The summed E-state index contributed by atoms with van der Waals surface area (Å²) in [6, 6.07) is 15.2. The molecule has 2 aliphatic heterocycles. The number of likely N-dealkylation sites (tertiary alicyclic amines) is 1. The lowest BCUT2D eigenvalue weighted by atomic mass is 9.90. The molecule has 2 aliphatic rings. The minimum Gasteiger partial charge on any atom is -0.348 e. The maximum absolute atomic E-state index is 12.8. The quantitative estimate of drug-likeness (QED) is 0.809. The van der Waals surface area contributed by atoms with Gasteiger partial charge in [-0.25, -0.2) is 4.79 Å². The number of anilines is 1. The van der Waals surface area contributed by atoms with E-state index in [9.17, 15) is 9.59 Å². The van der Waals surface area contributed by atoms with E-state index in [4.69, 9.17) is 11.6 Å². The first-order valence-electron chi connectivity index (χ1n) is 9.99. The van der Waals surface area contributed by atoms with Gasteiger partial charge in [-0.15, -0.1) is 0 Å². The molecule has 2 aromatic rings. The molecule has 4 rings (SSSR count). The van der Waals surface area contributed by atoms with E-state index < -0.39 is 5.66 Å². The van der Waals surface area contributed by atoms with Crippen molar-refractivity contribution >= 4 is 29.2 Å². The smallest absolute Gasteiger partial charge is 0.317 e. The average Bonchev–Trinajstić information content (AvgIpc) is 2.74. The third kappa shape index (κ3) is 3.77. The predicted molar refractivity (Wildman–Crippen MR) is 114 cm³/mol. The fraction of sp³-hybridized carbons (Fsp3) is 0.364. The van der Waals surface area contributed by atoms with Crippen LogP contribution in [0.2, 0.25) is 5.02 Å². The largest absolute Gasteiger partial charge is 0.348 e. The molecule has 3 amide bonds. The molecule has 2 aromatic carbocycles. The van der Waals surface area contributed by atoms with Crippen LogP contribution in [0, 0.1) is 0 Å². The van der Waals surface area contributed by atoms with Crippen LogP contribution in [0.1, 0.15) is 35.7 Å². The van der Waals surface area contributed by atoms with Crippen LogP contribution in [0.25, 0.3) is 0 Å². The average molecular weight is 413 g/mol. The van der Waals surface area contributed by atoms with Gasteiger partial charge >= 0.3 is 6.03 Å². The lowest BCUT2D eigenvalue weighted by Gasteiger charge is -2.52. The molecule has 1 spiro atoms. The number of urea groups is 1. The molecule has 1 fully saturated rings. The highest BCUT2D eigenvalue weighted by atomic mass is 35.5. The van der Waals surface area contributed by atoms with Crippen molar-refractivity contribution < 1.29 is 9.59 Å². The summed E-state index contributed by atoms with van der Waals surface area (Å²) in [6.07, 6.45) is 1.35. The van der Waals surface area contributed by atoms with E-state index in [-0.39, 0.29) is 11.9 Å². The number of hydrogen-bond donors (Lipinski definition) is 2. The third-order valence-electron chi connectivity index (χ3n) is 5.84. The number of carbonyl (C=O) groups is 2. The number of benzene rings is 2. The minimum absolute atomic E-state index is 0.0685. The second kappa shape index (κ2) is 7.95. The molecule has 29 heavy (non-hydrogen) atoms. The van der Waals surface area contributed by atoms with Crippen molar-refractivity contribution in [3.8, 4) is 0 Å². The highest BCUT2D eigenvalue weighted by molar-refractivity contribution is 6.31. The Kier molecular flexibility index (Phi) is 5.37. The zero-order valence-electron chi connectivity index (χ0n) is 16.5. The Balaban J connectivity index is 1.44. The van der Waals surface area contributed by atoms with Crippen molar-refractivity contribution in [3.05, 3.63) is 64.7 Å². The first kappa shape index (κ1) is 19.6. The number of carbonyl (C=O) groups excluding carboxylic acids is 2. The number of nitrogens with one attached hydrogen (secondary N) is 2. The Morgan fingerprint density at radius 3 is 2.59 bits per heavy atom. The SMILES string of the molecule is CCN1c2ccc(Cl)cc2C(=O)NC12CCN(C(=O)NCc1ccccc1)CC2. The Morgan fingerprint density at radius 2 is 1.90 bits per heavy atom. The first-order valence-corrected chi connectivity index (χ1v) is 10.4. The molecule has 2 N–H and O–H groups in total. The van der Waals surface area contributed by atoms with Crippen molar-refractivity contribution in [1.82, 2.24) is 15.5 Å². The van der Waals surface area contributed by atoms with Crippen molar-refractivity contribution in [2.24, 2.45) is 0 Å². The molecular formula is C22H25ClN4O2. The number of amides is 3. The highest BCUT2D eigenvalue weighted by Gasteiger charge is 2.45. The molecule has 0 atom stereocenters. The standard InChI is InChI=1S/C22H25ClN4O2/c1-2-27-19-9-8-17(23)14-18(19)20(28)25-22(27)10-12-26(13-11-22)21(29)24-15-16-6-4-3-5-7-16/h3-9,14H,2,10-13,15H2,1H3,(H,24,29)(H,25,28). The van der Waals surface area contributed by atoms with Crippen LogP contribution in [0.5, 0.6) is 0 Å². The van der Waals surface area contributed by atoms with Gasteiger partial charge in [-0.2, -0.15) is 0 Å². The Bertz CT molecular complexity index is 910. The summed E-state index contributed by atoms with van der Waals surface area (Å²) in [5.41, 5.74) is 2.11. The summed E-state index contributed by atoms with van der Waals surface area (Å²) in [5.74, 6) is -0.103. The third-order valence-corrected chi connectivity index (χ3v) is 6.07. The molecule has 2 heterocycles. The van der Waals surface area contributed by atoms with Gasteiger partial charge in [-0.05, 0) is 30.7 Å². The molecule has 0 aromatic heterocycles. The second-order valence-electron chi connectivity index (χ2n) is 7.52. The minimum atomic E-state index is -0.469. The van der Waals surface area contributed by atoms with E-state index >= 15 is 0 Å². The Morgan fingerprint density at radius 1 is 1.17 bits per heavy atom. The Labute approximate surface area is 175 Å². The van der Waals surface area contributed by atoms with Gasteiger partial charge in [-0.1, -0.05) is 41.9 Å². The van der Waals surface area contributed by atoms with Crippen LogP contribution in [0.15, 0.2) is 48.5 Å². The van der Waals surface area contributed by atoms with Crippen LogP contribution in [0.4, 0.5) is 10.5 Å². The van der Waals surface area contributed by atoms with Crippen molar-refractivity contribution in [2.75, 3.05) is 24.5 Å². The van der Waals surface area contributed by atoms with E-state index in [0.29, 0.717) is 43.1 Å². The van der Waals surface area contributed by atoms with Gasteiger partial charge in [-0.3, -0.25) is 4.79 Å². The van der Waals surface area contributed by atoms with Crippen molar-refractivity contribution in [3.63, 3.8) is 0 Å². The number of fused-ring (bicyclic) bond motifs is 1. The monoisotopic (exact) mass is 412 g/mol. The van der Waals surface area contributed by atoms with Gasteiger partial charge in [0.1, 0.15) is 5.66 Å². The zero-order chi connectivity index (χ0) is 20.4. The maximum Gasteiger partial charge on any atom is 0.317 e. The molecule has 0 aliphatic carbocycles. The molecule has 0 radical (unpaired) electrons. The van der Waals surface area contributed by atoms with Crippen LogP contribution >= 0.6 is 11.6 Å². The van der Waals surface area contributed by atoms with Crippen LogP contribution in [0.3, 0.4) is 0 Å². The van der Waals surface area contributed by atoms with Gasteiger partial charge in [0.2, 0.25) is 0 Å². The summed E-state index contributed by atoms with van der Waals surface area (Å²) < 4.78 is 0. The highest BCUT2D eigenvalue weighted by Crippen LogP contribution is 2.38. The molecule has 1 saturated heterocycles. The predicted octanol–water partition coefficient (Wildman–Crippen LogP) is 3.61. The summed E-state index contributed by atoms with van der Waals surface area (Å²) in [5, 5.41) is 6.74. The molecular weight excluding hydrogens is 388 g/mol. The topological polar surface area (TPSA) is 64.7 Å². The summed E-state index contributed by atoms with van der Waals surface area (Å²) >= 11 is 6.09. The van der Waals surface area contributed by atoms with E-state index in [2.05, 4.69) is 22.5 Å². The van der Waals surface area contributed by atoms with Gasteiger partial charge in [0.25, 0.3) is 5.91 Å². The molecule has 6 nitrogen and oxygen atoms in total. The van der Waals surface area contributed by atoms with Gasteiger partial charge in [0.05, 0.1) is 11.3 Å². The maximum atomic E-state index is 12.8. The van der Waals surface area contributed by atoms with Gasteiger partial charge in [0.15, 0.2) is 0 Å². The molecule has 7 heteroatoms. The molecule has 0 saturated carbocycles. The van der Waals surface area contributed by atoms with Crippen LogP contribution in [-0.4, -0.2) is 42.1 Å².